The van der Waals surface area contributed by atoms with Crippen molar-refractivity contribution in [3.8, 4) is 11.4 Å². The van der Waals surface area contributed by atoms with Gasteiger partial charge in [0.2, 0.25) is 5.92 Å². The number of carboxylic acid groups (broad SMARTS) is 1. The lowest BCUT2D eigenvalue weighted by Gasteiger charge is -2.36. The predicted octanol–water partition coefficient (Wildman–Crippen LogP) is 3.55. The minimum absolute atomic E-state index is 0.143. The number of halogens is 2. The van der Waals surface area contributed by atoms with E-state index in [4.69, 9.17) is 0 Å². The number of aromatic amines is 1. The third-order valence-corrected chi connectivity index (χ3v) is 4.28. The van der Waals surface area contributed by atoms with Gasteiger partial charge in [-0.3, -0.25) is 0 Å². The Hall–Kier alpha value is -2.31. The van der Waals surface area contributed by atoms with E-state index >= 15 is 0 Å². The van der Waals surface area contributed by atoms with Crippen molar-refractivity contribution in [2.75, 3.05) is 0 Å². The van der Waals surface area contributed by atoms with Crippen LogP contribution in [0.25, 0.3) is 11.4 Å². The van der Waals surface area contributed by atoms with Gasteiger partial charge in [-0.2, -0.15) is 0 Å². The number of carboxylic acids is 1. The van der Waals surface area contributed by atoms with Gasteiger partial charge in [-0.1, -0.05) is 13.0 Å². The first-order valence-electron chi connectivity index (χ1n) is 7.48. The molecule has 1 heterocycles. The number of aryl methyl sites for hydroxylation is 2. The number of hydrogen-bond acceptors (Lipinski definition) is 3. The summed E-state index contributed by atoms with van der Waals surface area (Å²) in [5.41, 5.74) is 1.95. The Morgan fingerprint density at radius 1 is 1.39 bits per heavy atom. The van der Waals surface area contributed by atoms with Crippen molar-refractivity contribution in [1.82, 2.24) is 15.2 Å². The molecule has 0 unspecified atom stereocenters. The molecule has 3 rings (SSSR count). The topological polar surface area (TPSA) is 78.9 Å². The van der Waals surface area contributed by atoms with Crippen LogP contribution in [0, 0.1) is 6.92 Å². The number of H-pyrrole nitrogens is 1. The van der Waals surface area contributed by atoms with Gasteiger partial charge in [-0.25, -0.2) is 13.6 Å². The van der Waals surface area contributed by atoms with Crippen LogP contribution < -0.4 is 0 Å². The lowest BCUT2D eigenvalue weighted by atomic mass is 9.74. The van der Waals surface area contributed by atoms with Gasteiger partial charge < -0.3 is 10.1 Å². The highest BCUT2D eigenvalue weighted by Crippen LogP contribution is 2.50. The third-order valence-electron chi connectivity index (χ3n) is 4.28. The van der Waals surface area contributed by atoms with Crippen LogP contribution in [0.5, 0.6) is 0 Å². The number of aromatic carboxylic acids is 1. The van der Waals surface area contributed by atoms with Gasteiger partial charge in [-0.15, -0.1) is 10.2 Å². The Labute approximate surface area is 131 Å². The first-order valence-corrected chi connectivity index (χ1v) is 7.48. The van der Waals surface area contributed by atoms with Crippen molar-refractivity contribution in [2.45, 2.75) is 45.0 Å². The lowest BCUT2D eigenvalue weighted by Crippen LogP contribution is -2.34. The Balaban J connectivity index is 2.10. The number of alkyl halides is 2. The molecule has 1 saturated carbocycles. The number of hydrogen-bond donors (Lipinski definition) is 2. The third kappa shape index (κ3) is 2.83. The maximum atomic E-state index is 13.2. The molecule has 0 amide bonds. The quantitative estimate of drug-likeness (QED) is 0.902. The first kappa shape index (κ1) is 15.6. The van der Waals surface area contributed by atoms with E-state index < -0.39 is 11.9 Å². The van der Waals surface area contributed by atoms with Gasteiger partial charge in [0.05, 0.1) is 5.56 Å². The van der Waals surface area contributed by atoms with Gasteiger partial charge in [-0.05, 0) is 30.0 Å². The summed E-state index contributed by atoms with van der Waals surface area (Å²) in [5.74, 6) is -2.89. The van der Waals surface area contributed by atoms with Crippen molar-refractivity contribution < 1.29 is 18.7 Å². The Kier molecular flexibility index (Phi) is 3.66. The molecule has 0 spiro atoms. The number of carbonyl (C=O) groups is 1. The van der Waals surface area contributed by atoms with Gasteiger partial charge in [0.1, 0.15) is 5.82 Å². The molecular weight excluding hydrogens is 304 g/mol. The molecule has 7 heteroatoms. The highest BCUT2D eigenvalue weighted by Gasteiger charge is 2.46. The fourth-order valence-corrected chi connectivity index (χ4v) is 2.96. The smallest absolute Gasteiger partial charge is 0.335 e. The standard InChI is InChI=1S/C16H17F2N3O2/c1-3-13-19-14(21-20-13)12-5-10(15(22)23)8(2)4-11(12)9-6-16(17,18)7-9/h4-5,9H,3,6-7H2,1-2H3,(H,22,23)(H,19,20,21). The molecule has 1 aliphatic rings. The van der Waals surface area contributed by atoms with Gasteiger partial charge in [0, 0.05) is 24.8 Å². The summed E-state index contributed by atoms with van der Waals surface area (Å²) in [6.45, 7) is 3.58. The molecule has 1 fully saturated rings. The highest BCUT2D eigenvalue weighted by molar-refractivity contribution is 5.91. The Bertz CT molecular complexity index is 763. The first-order chi connectivity index (χ1) is 10.8. The lowest BCUT2D eigenvalue weighted by molar-refractivity contribution is -0.0866. The average Bonchev–Trinajstić information content (AvgIpc) is 2.92. The maximum absolute atomic E-state index is 13.2. The van der Waals surface area contributed by atoms with Crippen molar-refractivity contribution >= 4 is 5.97 Å². The second-order valence-electron chi connectivity index (χ2n) is 5.99. The van der Waals surface area contributed by atoms with E-state index in [1.165, 1.54) is 6.07 Å². The Morgan fingerprint density at radius 3 is 2.61 bits per heavy atom. The second-order valence-corrected chi connectivity index (χ2v) is 5.99. The van der Waals surface area contributed by atoms with Crippen LogP contribution in [-0.4, -0.2) is 32.2 Å². The summed E-state index contributed by atoms with van der Waals surface area (Å²) in [4.78, 5) is 14.4. The van der Waals surface area contributed by atoms with E-state index in [1.807, 2.05) is 6.92 Å². The summed E-state index contributed by atoms with van der Waals surface area (Å²) >= 11 is 0. The summed E-state index contributed by atoms with van der Waals surface area (Å²) in [6, 6.07) is 3.19. The van der Waals surface area contributed by atoms with E-state index in [-0.39, 0.29) is 24.3 Å². The van der Waals surface area contributed by atoms with Crippen LogP contribution in [0.15, 0.2) is 12.1 Å². The van der Waals surface area contributed by atoms with Crippen LogP contribution in [-0.2, 0) is 6.42 Å². The van der Waals surface area contributed by atoms with Crippen LogP contribution in [0.3, 0.4) is 0 Å². The summed E-state index contributed by atoms with van der Waals surface area (Å²) in [7, 11) is 0. The van der Waals surface area contributed by atoms with Crippen LogP contribution in [0.4, 0.5) is 8.78 Å². The number of benzene rings is 1. The molecule has 1 aliphatic carbocycles. The number of nitrogens with one attached hydrogen (secondary N) is 1. The molecule has 23 heavy (non-hydrogen) atoms. The van der Waals surface area contributed by atoms with Gasteiger partial charge in [0.15, 0.2) is 5.82 Å². The predicted molar refractivity (Wildman–Crippen MR) is 79.8 cm³/mol. The average molecular weight is 321 g/mol. The van der Waals surface area contributed by atoms with E-state index in [0.717, 1.165) is 0 Å². The van der Waals surface area contributed by atoms with E-state index in [1.54, 1.807) is 13.0 Å². The van der Waals surface area contributed by atoms with Crippen LogP contribution in [0.2, 0.25) is 0 Å². The van der Waals surface area contributed by atoms with Crippen molar-refractivity contribution in [2.24, 2.45) is 0 Å². The SMILES string of the molecule is CCc1nnc(-c2cc(C(=O)O)c(C)cc2C2CC(F)(F)C2)[nH]1. The minimum atomic E-state index is -2.64. The van der Waals surface area contributed by atoms with E-state index in [9.17, 15) is 18.7 Å². The zero-order valence-electron chi connectivity index (χ0n) is 12.9. The summed E-state index contributed by atoms with van der Waals surface area (Å²) < 4.78 is 26.5. The second kappa shape index (κ2) is 5.40. The maximum Gasteiger partial charge on any atom is 0.335 e. The molecule has 1 aromatic carbocycles. The van der Waals surface area contributed by atoms with Crippen molar-refractivity contribution in [3.63, 3.8) is 0 Å². The summed E-state index contributed by atoms with van der Waals surface area (Å²) in [5, 5.41) is 17.3. The van der Waals surface area contributed by atoms with E-state index in [2.05, 4.69) is 15.2 Å². The van der Waals surface area contributed by atoms with Crippen LogP contribution >= 0.6 is 0 Å². The van der Waals surface area contributed by atoms with Gasteiger partial charge in [0.25, 0.3) is 0 Å². The largest absolute Gasteiger partial charge is 0.478 e. The number of nitrogens with zero attached hydrogens (tertiary/aromatic N) is 2. The molecule has 2 N–H and O–H groups in total. The molecule has 0 bridgehead atoms. The van der Waals surface area contributed by atoms with Crippen LogP contribution in [0.1, 0.15) is 53.0 Å². The van der Waals surface area contributed by atoms with Crippen molar-refractivity contribution in [3.05, 3.63) is 34.6 Å². The molecule has 0 radical (unpaired) electrons. The molecule has 0 saturated heterocycles. The molecule has 0 atom stereocenters. The van der Waals surface area contributed by atoms with Gasteiger partial charge >= 0.3 is 5.97 Å². The zero-order valence-corrected chi connectivity index (χ0v) is 12.9. The molecule has 5 nitrogen and oxygen atoms in total. The molecule has 0 aliphatic heterocycles. The number of aromatic nitrogens is 3. The monoisotopic (exact) mass is 321 g/mol. The highest BCUT2D eigenvalue weighted by atomic mass is 19.3. The van der Waals surface area contributed by atoms with Crippen molar-refractivity contribution in [1.29, 1.82) is 0 Å². The summed E-state index contributed by atoms with van der Waals surface area (Å²) in [6.07, 6.45) is 0.211. The fraction of sp³-hybridized carbons (Fsp3) is 0.438. The molecule has 1 aromatic heterocycles. The molecular formula is C16H17F2N3O2. The number of rotatable bonds is 4. The molecule has 122 valence electrons. The normalized spacial score (nSPS) is 17.0. The fourth-order valence-electron chi connectivity index (χ4n) is 2.96. The van der Waals surface area contributed by atoms with E-state index in [0.29, 0.717) is 34.8 Å². The Morgan fingerprint density at radius 2 is 2.09 bits per heavy atom. The minimum Gasteiger partial charge on any atom is -0.478 e. The zero-order chi connectivity index (χ0) is 16.8. The molecule has 2 aromatic rings.